The first-order chi connectivity index (χ1) is 38.5. The summed E-state index contributed by atoms with van der Waals surface area (Å²) in [5.41, 5.74) is -5.35. The molecule has 6 heterocycles. The Bertz CT molecular complexity index is 4850. The third-order valence-corrected chi connectivity index (χ3v) is 12.5. The van der Waals surface area contributed by atoms with E-state index in [9.17, 15) is 21.9 Å². The van der Waals surface area contributed by atoms with Crippen molar-refractivity contribution in [1.29, 1.82) is 0 Å². The Morgan fingerprint density at radius 2 is 1.11 bits per heavy atom. The van der Waals surface area contributed by atoms with Crippen molar-refractivity contribution in [3.05, 3.63) is 143 Å². The molecule has 0 unspecified atom stereocenters. The molecule has 0 aliphatic carbocycles. The van der Waals surface area contributed by atoms with Crippen LogP contribution in [0.15, 0.2) is 130 Å². The van der Waals surface area contributed by atoms with Gasteiger partial charge >= 0.3 is 0 Å². The molecule has 10 aromatic rings. The highest BCUT2D eigenvalue weighted by atomic mass is 16.3. The summed E-state index contributed by atoms with van der Waals surface area (Å²) in [7, 11) is 0. The molecule has 6 heteroatoms. The summed E-state index contributed by atoms with van der Waals surface area (Å²) in [4.78, 5) is 2.77. The van der Waals surface area contributed by atoms with Crippen LogP contribution in [0.3, 0.4) is 0 Å². The highest BCUT2D eigenvalue weighted by Crippen LogP contribution is 2.55. The molecule has 0 bridgehead atoms. The molecule has 3 aliphatic rings. The van der Waals surface area contributed by atoms with E-state index in [1.807, 2.05) is 0 Å². The second kappa shape index (κ2) is 11.9. The maximum Gasteiger partial charge on any atom is 0.297 e. The van der Waals surface area contributed by atoms with Crippen LogP contribution in [0.1, 0.15) is 112 Å². The predicted molar refractivity (Wildman–Crippen MR) is 266 cm³/mol. The zero-order valence-corrected chi connectivity index (χ0v) is 36.2. The number of rotatable bonds is 1. The Balaban J connectivity index is 1.34. The molecular weight excluding hydrogens is 769 g/mol. The summed E-state index contributed by atoms with van der Waals surface area (Å²) >= 11 is 0. The first-order valence-electron chi connectivity index (χ1n) is 30.9. The largest absolute Gasteiger partial charge is 0.468 e. The minimum Gasteiger partial charge on any atom is -0.468 e. The number of hydrogen-bond acceptors (Lipinski definition) is 4. The molecule has 0 atom stereocenters. The van der Waals surface area contributed by atoms with Crippen molar-refractivity contribution in [1.82, 2.24) is 4.57 Å². The third kappa shape index (κ3) is 4.84. The first-order valence-corrected chi connectivity index (χ1v) is 20.9. The molecule has 308 valence electrons. The van der Waals surface area contributed by atoms with Crippen LogP contribution >= 0.6 is 0 Å². The van der Waals surface area contributed by atoms with Gasteiger partial charge < -0.3 is 23.2 Å². The van der Waals surface area contributed by atoms with Crippen LogP contribution in [0.2, 0.25) is 0 Å². The topological polar surface area (TPSA) is 37.7 Å². The number of fused-ring (bicyclic) bond motifs is 14. The van der Waals surface area contributed by atoms with Crippen LogP contribution in [0.5, 0.6) is 0 Å². The lowest BCUT2D eigenvalue weighted by atomic mass is 9.35. The smallest absolute Gasteiger partial charge is 0.297 e. The van der Waals surface area contributed by atoms with Crippen molar-refractivity contribution < 1.29 is 36.2 Å². The van der Waals surface area contributed by atoms with Gasteiger partial charge in [0.05, 0.1) is 72.5 Å². The highest BCUT2D eigenvalue weighted by molar-refractivity contribution is 7.00. The quantitative estimate of drug-likeness (QED) is 0.154. The number of aromatic nitrogens is 1. The fourth-order valence-electron chi connectivity index (χ4n) is 9.43. The lowest BCUT2D eigenvalue weighted by Gasteiger charge is -2.45. The molecule has 0 amide bonds. The maximum atomic E-state index is 10.4. The zero-order valence-electron chi connectivity index (χ0n) is 56.2. The van der Waals surface area contributed by atoms with Crippen molar-refractivity contribution in [3.8, 4) is 5.69 Å². The molecule has 0 spiro atoms. The number of anilines is 6. The summed E-state index contributed by atoms with van der Waals surface area (Å²) in [6.45, 7) is 15.9. The van der Waals surface area contributed by atoms with Crippen LogP contribution in [-0.2, 0) is 16.2 Å². The third-order valence-electron chi connectivity index (χ3n) is 12.5. The van der Waals surface area contributed by atoms with Gasteiger partial charge in [-0.15, -0.1) is 0 Å². The average molecular weight is 840 g/mol. The second-order valence-electron chi connectivity index (χ2n) is 19.8. The number of hydrogen-bond donors (Lipinski definition) is 0. The molecule has 3 aliphatic heterocycles. The van der Waals surface area contributed by atoms with Gasteiger partial charge in [0.25, 0.3) is 6.71 Å². The second-order valence-corrected chi connectivity index (χ2v) is 19.8. The Morgan fingerprint density at radius 1 is 0.492 bits per heavy atom. The minimum atomic E-state index is -1.57. The molecule has 3 aromatic heterocycles. The van der Waals surface area contributed by atoms with Crippen molar-refractivity contribution in [3.63, 3.8) is 0 Å². The van der Waals surface area contributed by atoms with Gasteiger partial charge in [-0.1, -0.05) is 117 Å². The van der Waals surface area contributed by atoms with Gasteiger partial charge in [0.2, 0.25) is 0 Å². The van der Waals surface area contributed by atoms with Crippen LogP contribution in [0.25, 0.3) is 60.4 Å². The lowest BCUT2D eigenvalue weighted by Crippen LogP contribution is -2.61. The van der Waals surface area contributed by atoms with E-state index in [2.05, 4.69) is 0 Å². The van der Waals surface area contributed by atoms with Gasteiger partial charge in [-0.2, -0.15) is 0 Å². The van der Waals surface area contributed by atoms with E-state index >= 15 is 0 Å². The van der Waals surface area contributed by atoms with Gasteiger partial charge in [-0.3, -0.25) is 0 Å². The van der Waals surface area contributed by atoms with Gasteiger partial charge in [0.1, 0.15) is 11.2 Å². The van der Waals surface area contributed by atoms with E-state index in [0.29, 0.717) is 0 Å². The van der Waals surface area contributed by atoms with Crippen molar-refractivity contribution >= 4 is 112 Å². The Hall–Kier alpha value is -6.66. The summed E-state index contributed by atoms with van der Waals surface area (Å²) in [6.07, 6.45) is 0. The summed E-state index contributed by atoms with van der Waals surface area (Å²) in [5, 5.41) is -0.609. The van der Waals surface area contributed by atoms with E-state index in [0.717, 1.165) is 0 Å². The number of furan rings is 2. The van der Waals surface area contributed by atoms with Gasteiger partial charge in [-0.25, -0.2) is 0 Å². The molecule has 5 nitrogen and oxygen atoms in total. The van der Waals surface area contributed by atoms with Gasteiger partial charge in [0.15, 0.2) is 5.58 Å². The molecule has 63 heavy (non-hydrogen) atoms. The predicted octanol–water partition coefficient (Wildman–Crippen LogP) is 14.0. The van der Waals surface area contributed by atoms with E-state index in [1.54, 1.807) is 62.3 Å². The average Bonchev–Trinajstić information content (AvgIpc) is 1.64. The molecule has 0 saturated heterocycles. The SMILES string of the molecule is [2H]c1c([2H])c2c3c(c1[2H])-n1c4c([2H])c([2H])c(C(C)(C)C)c([2H])c4c4c([2H])c(C(C)(C)C)c([2H])c(c41)N3c1c([2H])c(C)c([2H])c3c1B2c1oc2c([2H])c([2H])c(C(C)(C)C)c([2H])c2c1N3c1c([2H])c([2H])c([2H])c2c1oc1c([2H])c([2H])c([2H])c([2H])c12. The summed E-state index contributed by atoms with van der Waals surface area (Å²) < 4.78 is 208. The van der Waals surface area contributed by atoms with E-state index in [-0.39, 0.29) is 165 Å². The van der Waals surface area contributed by atoms with Gasteiger partial charge in [0, 0.05) is 38.3 Å². The van der Waals surface area contributed by atoms with E-state index < -0.39 is 112 Å². The van der Waals surface area contributed by atoms with Crippen LogP contribution < -0.4 is 26.4 Å². The minimum absolute atomic E-state index is 0.0217. The Labute approximate surface area is 396 Å². The number of benzene rings is 7. The first kappa shape index (κ1) is 22.1. The maximum absolute atomic E-state index is 10.4. The van der Waals surface area contributed by atoms with Crippen LogP contribution in [0.4, 0.5) is 34.1 Å². The van der Waals surface area contributed by atoms with Gasteiger partial charge in [-0.05, 0) is 123 Å². The van der Waals surface area contributed by atoms with E-state index in [4.69, 9.17) is 14.3 Å². The Morgan fingerprint density at radius 3 is 1.86 bits per heavy atom. The number of nitrogens with zero attached hydrogens (tertiary/aromatic N) is 3. The lowest BCUT2D eigenvalue weighted by molar-refractivity contribution is 0.590. The van der Waals surface area contributed by atoms with Crippen molar-refractivity contribution in [2.24, 2.45) is 0 Å². The molecule has 0 N–H and O–H groups in total. The number of para-hydroxylation sites is 3. The van der Waals surface area contributed by atoms with Crippen LogP contribution in [-0.4, -0.2) is 11.3 Å². The highest BCUT2D eigenvalue weighted by Gasteiger charge is 2.49. The molecule has 0 radical (unpaired) electrons. The monoisotopic (exact) mass is 840 g/mol. The summed E-state index contributed by atoms with van der Waals surface area (Å²) in [6, 6.07) is -9.83. The molecular formula is C57H50BN3O2. The van der Waals surface area contributed by atoms with Crippen LogP contribution in [0, 0.1) is 6.92 Å². The van der Waals surface area contributed by atoms with E-state index in [1.165, 1.54) is 21.3 Å². The Kier molecular flexibility index (Phi) is 4.17. The molecule has 0 fully saturated rings. The normalized spacial score (nSPS) is 18.9. The molecule has 0 saturated carbocycles. The summed E-state index contributed by atoms with van der Waals surface area (Å²) in [5.74, 6) is 0. The standard InChI is InChI=1S/C57H50BN3O2/c1-31-25-44-49-45(26-31)61-46-30-34(57(8,9)10)29-38-37-27-32(55(2,3)4)21-23-41(37)59(50(38)46)42-18-14-17-40(52(42)61)58(49)54-51(39-28-33(56(5,6)7)22-24-48(39)63-54)60(44)43-19-13-16-36-35-15-11-12-20-47(35)62-53(36)43/h11-30H,1-10H3/i11D,12D,13D,14D,15D,16D,17D,18D,19D,20D,21D,22D,23D,24D,25D,26D,27D,28D,29D,30D. The zero-order chi connectivity index (χ0) is 60.6. The van der Waals surface area contributed by atoms with Crippen molar-refractivity contribution in [2.75, 3.05) is 9.80 Å². The fraction of sp³-hybridized carbons (Fsp3) is 0.228. The van der Waals surface area contributed by atoms with Crippen molar-refractivity contribution in [2.45, 2.75) is 85.5 Å². The molecule has 13 rings (SSSR count). The molecule has 7 aromatic carbocycles. The fourth-order valence-corrected chi connectivity index (χ4v) is 9.43.